The maximum atomic E-state index is 14.0. The molecule has 5 heteroatoms. The summed E-state index contributed by atoms with van der Waals surface area (Å²) in [4.78, 5) is 10.4. The van der Waals surface area contributed by atoms with E-state index in [1.165, 1.54) is 0 Å². The first-order chi connectivity index (χ1) is 11.1. The standard InChI is InChI=1S/C18H19FN4/c1-22(12-18-10-21-13-23(18)2)11-14-6-16(8-17(19)7-14)15-4-3-5-20-9-15/h3-10,13H,11-12H2,1-2H3. The molecule has 0 aliphatic rings. The number of benzene rings is 1. The zero-order valence-electron chi connectivity index (χ0n) is 13.3. The Labute approximate surface area is 135 Å². The third kappa shape index (κ3) is 3.81. The Kier molecular flexibility index (Phi) is 4.48. The van der Waals surface area contributed by atoms with Gasteiger partial charge in [0.15, 0.2) is 0 Å². The molecule has 2 heterocycles. The van der Waals surface area contributed by atoms with E-state index in [1.54, 1.807) is 30.9 Å². The molecular weight excluding hydrogens is 291 g/mol. The van der Waals surface area contributed by atoms with Crippen molar-refractivity contribution in [2.24, 2.45) is 7.05 Å². The van der Waals surface area contributed by atoms with Gasteiger partial charge in [-0.05, 0) is 42.4 Å². The molecule has 0 atom stereocenters. The van der Waals surface area contributed by atoms with Crippen molar-refractivity contribution >= 4 is 0 Å². The number of pyridine rings is 1. The van der Waals surface area contributed by atoms with E-state index in [4.69, 9.17) is 0 Å². The molecule has 0 saturated carbocycles. The molecule has 0 unspecified atom stereocenters. The van der Waals surface area contributed by atoms with Crippen LogP contribution in [-0.4, -0.2) is 26.5 Å². The van der Waals surface area contributed by atoms with Crippen molar-refractivity contribution in [3.63, 3.8) is 0 Å². The number of aryl methyl sites for hydroxylation is 1. The van der Waals surface area contributed by atoms with Gasteiger partial charge in [-0.25, -0.2) is 9.37 Å². The fourth-order valence-electron chi connectivity index (χ4n) is 2.62. The van der Waals surface area contributed by atoms with Gasteiger partial charge in [-0.1, -0.05) is 6.07 Å². The zero-order valence-corrected chi connectivity index (χ0v) is 13.3. The molecule has 3 rings (SSSR count). The van der Waals surface area contributed by atoms with Crippen LogP contribution in [0.5, 0.6) is 0 Å². The summed E-state index contributed by atoms with van der Waals surface area (Å²) in [7, 11) is 3.99. The van der Waals surface area contributed by atoms with Gasteiger partial charge in [-0.15, -0.1) is 0 Å². The van der Waals surface area contributed by atoms with E-state index in [2.05, 4.69) is 14.9 Å². The molecule has 0 saturated heterocycles. The highest BCUT2D eigenvalue weighted by Gasteiger charge is 2.08. The first-order valence-corrected chi connectivity index (χ1v) is 7.45. The average Bonchev–Trinajstić information content (AvgIpc) is 2.92. The van der Waals surface area contributed by atoms with Crippen molar-refractivity contribution < 1.29 is 4.39 Å². The third-order valence-corrected chi connectivity index (χ3v) is 3.75. The van der Waals surface area contributed by atoms with Crippen LogP contribution in [0.25, 0.3) is 11.1 Å². The lowest BCUT2D eigenvalue weighted by molar-refractivity contribution is 0.311. The first kappa shape index (κ1) is 15.4. The van der Waals surface area contributed by atoms with Gasteiger partial charge >= 0.3 is 0 Å². The number of hydrogen-bond acceptors (Lipinski definition) is 3. The highest BCUT2D eigenvalue weighted by atomic mass is 19.1. The first-order valence-electron chi connectivity index (χ1n) is 7.45. The van der Waals surface area contributed by atoms with Crippen LogP contribution < -0.4 is 0 Å². The number of hydrogen-bond donors (Lipinski definition) is 0. The monoisotopic (exact) mass is 310 g/mol. The average molecular weight is 310 g/mol. The number of aromatic nitrogens is 3. The second-order valence-electron chi connectivity index (χ2n) is 5.76. The van der Waals surface area contributed by atoms with Crippen LogP contribution in [0.2, 0.25) is 0 Å². The molecule has 118 valence electrons. The molecule has 0 aliphatic carbocycles. The molecule has 0 N–H and O–H groups in total. The molecule has 0 fully saturated rings. The molecule has 2 aromatic heterocycles. The minimum atomic E-state index is -0.227. The quantitative estimate of drug-likeness (QED) is 0.725. The van der Waals surface area contributed by atoms with Gasteiger partial charge < -0.3 is 4.57 Å². The van der Waals surface area contributed by atoms with E-state index < -0.39 is 0 Å². The Morgan fingerprint density at radius 1 is 1.09 bits per heavy atom. The van der Waals surface area contributed by atoms with Crippen molar-refractivity contribution in [1.29, 1.82) is 0 Å². The topological polar surface area (TPSA) is 34.0 Å². The van der Waals surface area contributed by atoms with Gasteiger partial charge in [-0.2, -0.15) is 0 Å². The molecule has 23 heavy (non-hydrogen) atoms. The van der Waals surface area contributed by atoms with Crippen molar-refractivity contribution in [2.45, 2.75) is 13.1 Å². The number of imidazole rings is 1. The smallest absolute Gasteiger partial charge is 0.124 e. The molecule has 0 spiro atoms. The summed E-state index contributed by atoms with van der Waals surface area (Å²) in [6.45, 7) is 1.42. The van der Waals surface area contributed by atoms with Crippen LogP contribution >= 0.6 is 0 Å². The maximum Gasteiger partial charge on any atom is 0.124 e. The Hall–Kier alpha value is -2.53. The maximum absolute atomic E-state index is 14.0. The van der Waals surface area contributed by atoms with E-state index >= 15 is 0 Å². The summed E-state index contributed by atoms with van der Waals surface area (Å²) in [5, 5.41) is 0. The van der Waals surface area contributed by atoms with Gasteiger partial charge in [-0.3, -0.25) is 9.88 Å². The van der Waals surface area contributed by atoms with Crippen LogP contribution in [0.3, 0.4) is 0 Å². The minimum absolute atomic E-state index is 0.227. The second-order valence-corrected chi connectivity index (χ2v) is 5.76. The highest BCUT2D eigenvalue weighted by molar-refractivity contribution is 5.63. The normalized spacial score (nSPS) is 11.1. The van der Waals surface area contributed by atoms with Gasteiger partial charge in [0, 0.05) is 44.3 Å². The summed E-state index contributed by atoms with van der Waals surface area (Å²) in [5.41, 5.74) is 3.83. The largest absolute Gasteiger partial charge is 0.337 e. The van der Waals surface area contributed by atoms with Crippen LogP contribution in [0.4, 0.5) is 4.39 Å². The van der Waals surface area contributed by atoms with E-state index in [0.29, 0.717) is 6.54 Å². The molecule has 1 aromatic carbocycles. The van der Waals surface area contributed by atoms with Crippen LogP contribution in [0.15, 0.2) is 55.2 Å². The number of nitrogens with zero attached hydrogens (tertiary/aromatic N) is 4. The Bertz CT molecular complexity index is 783. The SMILES string of the molecule is CN(Cc1cc(F)cc(-c2cccnc2)c1)Cc1cncn1C. The van der Waals surface area contributed by atoms with Crippen LogP contribution in [0, 0.1) is 5.82 Å². The predicted octanol–water partition coefficient (Wildman–Crippen LogP) is 3.25. The van der Waals surface area contributed by atoms with Gasteiger partial charge in [0.1, 0.15) is 5.82 Å². The fourth-order valence-corrected chi connectivity index (χ4v) is 2.62. The van der Waals surface area contributed by atoms with E-state index in [-0.39, 0.29) is 5.82 Å². The van der Waals surface area contributed by atoms with Crippen LogP contribution in [-0.2, 0) is 20.1 Å². The Balaban J connectivity index is 1.78. The Morgan fingerprint density at radius 2 is 1.96 bits per heavy atom. The lowest BCUT2D eigenvalue weighted by Crippen LogP contribution is -2.18. The van der Waals surface area contributed by atoms with Crippen molar-refractivity contribution in [1.82, 2.24) is 19.4 Å². The number of rotatable bonds is 5. The lowest BCUT2D eigenvalue weighted by Gasteiger charge is -2.17. The molecule has 0 aliphatic heterocycles. The third-order valence-electron chi connectivity index (χ3n) is 3.75. The second kappa shape index (κ2) is 6.71. The fraction of sp³-hybridized carbons (Fsp3) is 0.222. The van der Waals surface area contributed by atoms with Crippen molar-refractivity contribution in [3.8, 4) is 11.1 Å². The molecule has 4 nitrogen and oxygen atoms in total. The summed E-state index contributed by atoms with van der Waals surface area (Å²) < 4.78 is 15.9. The zero-order chi connectivity index (χ0) is 16.2. The van der Waals surface area contributed by atoms with Crippen LogP contribution in [0.1, 0.15) is 11.3 Å². The molecule has 0 radical (unpaired) electrons. The summed E-state index contributed by atoms with van der Waals surface area (Å²) in [5.74, 6) is -0.227. The number of halogens is 1. The minimum Gasteiger partial charge on any atom is -0.337 e. The lowest BCUT2D eigenvalue weighted by atomic mass is 10.0. The highest BCUT2D eigenvalue weighted by Crippen LogP contribution is 2.22. The summed E-state index contributed by atoms with van der Waals surface area (Å²) in [6.07, 6.45) is 7.10. The summed E-state index contributed by atoms with van der Waals surface area (Å²) >= 11 is 0. The Morgan fingerprint density at radius 3 is 2.65 bits per heavy atom. The van der Waals surface area contributed by atoms with E-state index in [0.717, 1.165) is 28.9 Å². The predicted molar refractivity (Wildman–Crippen MR) is 88.0 cm³/mol. The van der Waals surface area contributed by atoms with Crippen molar-refractivity contribution in [3.05, 3.63) is 72.3 Å². The van der Waals surface area contributed by atoms with E-state index in [1.807, 2.05) is 43.1 Å². The summed E-state index contributed by atoms with van der Waals surface area (Å²) in [6, 6.07) is 8.93. The molecule has 0 bridgehead atoms. The molecule has 0 amide bonds. The van der Waals surface area contributed by atoms with Crippen molar-refractivity contribution in [2.75, 3.05) is 7.05 Å². The van der Waals surface area contributed by atoms with Gasteiger partial charge in [0.2, 0.25) is 0 Å². The van der Waals surface area contributed by atoms with Gasteiger partial charge in [0.05, 0.1) is 12.0 Å². The van der Waals surface area contributed by atoms with E-state index in [9.17, 15) is 4.39 Å². The molecule has 3 aromatic rings. The van der Waals surface area contributed by atoms with Gasteiger partial charge in [0.25, 0.3) is 0 Å². The molecular formula is C18H19FN4.